The van der Waals surface area contributed by atoms with Gasteiger partial charge in [-0.25, -0.2) is 4.98 Å². The highest BCUT2D eigenvalue weighted by Crippen LogP contribution is 2.23. The summed E-state index contributed by atoms with van der Waals surface area (Å²) in [5.41, 5.74) is 1.70. The summed E-state index contributed by atoms with van der Waals surface area (Å²) >= 11 is 5.87. The lowest BCUT2D eigenvalue weighted by Crippen LogP contribution is -2.05. The molecular formula is C11H11ClN2O. The molecule has 2 rings (SSSR count). The third-order valence-electron chi connectivity index (χ3n) is 2.30. The Morgan fingerprint density at radius 3 is 2.80 bits per heavy atom. The molecule has 0 saturated carbocycles. The summed E-state index contributed by atoms with van der Waals surface area (Å²) in [5, 5.41) is 0.633. The van der Waals surface area contributed by atoms with Crippen molar-refractivity contribution >= 4 is 28.9 Å². The summed E-state index contributed by atoms with van der Waals surface area (Å²) in [4.78, 5) is 15.1. The van der Waals surface area contributed by atoms with Gasteiger partial charge in [-0.3, -0.25) is 4.79 Å². The number of imidazole rings is 1. The van der Waals surface area contributed by atoms with Crippen LogP contribution in [0.1, 0.15) is 30.5 Å². The van der Waals surface area contributed by atoms with E-state index >= 15 is 0 Å². The minimum Gasteiger partial charge on any atom is -0.319 e. The molecule has 4 heteroatoms. The van der Waals surface area contributed by atoms with Crippen molar-refractivity contribution in [2.75, 3.05) is 0 Å². The van der Waals surface area contributed by atoms with E-state index in [1.54, 1.807) is 12.1 Å². The zero-order valence-electron chi connectivity index (χ0n) is 8.57. The van der Waals surface area contributed by atoms with Crippen LogP contribution in [0.5, 0.6) is 0 Å². The van der Waals surface area contributed by atoms with Gasteiger partial charge in [0.05, 0.1) is 11.0 Å². The number of carbonyl (C=O) groups excluding carboxylic acids is 1. The van der Waals surface area contributed by atoms with Gasteiger partial charge >= 0.3 is 0 Å². The summed E-state index contributed by atoms with van der Waals surface area (Å²) < 4.78 is 1.90. The molecule has 78 valence electrons. The molecule has 0 spiro atoms. The average molecular weight is 223 g/mol. The van der Waals surface area contributed by atoms with Crippen LogP contribution in [0.2, 0.25) is 5.02 Å². The second-order valence-electron chi connectivity index (χ2n) is 3.68. The molecular weight excluding hydrogens is 212 g/mol. The van der Waals surface area contributed by atoms with Gasteiger partial charge in [0.2, 0.25) is 0 Å². The maximum absolute atomic E-state index is 10.9. The third kappa shape index (κ3) is 1.63. The standard InChI is InChI=1S/C11H11ClN2O/c1-7(2)14-10-4-3-8(12)5-9(10)13-11(14)6-15/h3-7H,1-2H3. The molecule has 0 bridgehead atoms. The van der Waals surface area contributed by atoms with Crippen LogP contribution in [0.3, 0.4) is 0 Å². The molecule has 1 aromatic carbocycles. The molecule has 0 radical (unpaired) electrons. The number of aromatic nitrogens is 2. The molecule has 0 saturated heterocycles. The van der Waals surface area contributed by atoms with Crippen molar-refractivity contribution in [2.45, 2.75) is 19.9 Å². The van der Waals surface area contributed by atoms with E-state index in [2.05, 4.69) is 4.98 Å². The highest BCUT2D eigenvalue weighted by molar-refractivity contribution is 6.31. The van der Waals surface area contributed by atoms with E-state index in [1.165, 1.54) is 0 Å². The molecule has 0 aliphatic carbocycles. The highest BCUT2D eigenvalue weighted by Gasteiger charge is 2.12. The maximum atomic E-state index is 10.9. The smallest absolute Gasteiger partial charge is 0.185 e. The molecule has 2 aromatic rings. The molecule has 0 N–H and O–H groups in total. The van der Waals surface area contributed by atoms with E-state index in [1.807, 2.05) is 24.5 Å². The zero-order valence-corrected chi connectivity index (χ0v) is 9.32. The lowest BCUT2D eigenvalue weighted by Gasteiger charge is -2.09. The van der Waals surface area contributed by atoms with Gasteiger partial charge in [0.1, 0.15) is 0 Å². The number of hydrogen-bond donors (Lipinski definition) is 0. The second-order valence-corrected chi connectivity index (χ2v) is 4.12. The second kappa shape index (κ2) is 3.66. The van der Waals surface area contributed by atoms with Gasteiger partial charge in [-0.2, -0.15) is 0 Å². The van der Waals surface area contributed by atoms with Crippen LogP contribution >= 0.6 is 11.6 Å². The van der Waals surface area contributed by atoms with Crippen molar-refractivity contribution in [2.24, 2.45) is 0 Å². The highest BCUT2D eigenvalue weighted by atomic mass is 35.5. The van der Waals surface area contributed by atoms with Crippen LogP contribution in [0.25, 0.3) is 11.0 Å². The van der Waals surface area contributed by atoms with E-state index in [9.17, 15) is 4.79 Å². The monoisotopic (exact) mass is 222 g/mol. The van der Waals surface area contributed by atoms with Crippen molar-refractivity contribution in [3.8, 4) is 0 Å². The fourth-order valence-corrected chi connectivity index (χ4v) is 1.88. The molecule has 0 atom stereocenters. The van der Waals surface area contributed by atoms with Crippen LogP contribution in [0.15, 0.2) is 18.2 Å². The zero-order chi connectivity index (χ0) is 11.0. The average Bonchev–Trinajstić information content (AvgIpc) is 2.54. The molecule has 1 aromatic heterocycles. The van der Waals surface area contributed by atoms with Crippen molar-refractivity contribution in [3.05, 3.63) is 29.0 Å². The number of benzene rings is 1. The minimum absolute atomic E-state index is 0.205. The summed E-state index contributed by atoms with van der Waals surface area (Å²) in [7, 11) is 0. The normalized spacial score (nSPS) is 11.2. The fourth-order valence-electron chi connectivity index (χ4n) is 1.72. The topological polar surface area (TPSA) is 34.9 Å². The first-order valence-electron chi connectivity index (χ1n) is 4.76. The number of aldehydes is 1. The van der Waals surface area contributed by atoms with Crippen LogP contribution < -0.4 is 0 Å². The van der Waals surface area contributed by atoms with Gasteiger partial charge in [-0.1, -0.05) is 11.6 Å². The molecule has 0 fully saturated rings. The Bertz CT molecular complexity index is 517. The Morgan fingerprint density at radius 2 is 2.20 bits per heavy atom. The van der Waals surface area contributed by atoms with E-state index in [0.717, 1.165) is 17.3 Å². The van der Waals surface area contributed by atoms with Crippen molar-refractivity contribution < 1.29 is 4.79 Å². The Balaban J connectivity index is 2.80. The maximum Gasteiger partial charge on any atom is 0.185 e. The number of hydrogen-bond acceptors (Lipinski definition) is 2. The summed E-state index contributed by atoms with van der Waals surface area (Å²) in [6, 6.07) is 5.66. The number of halogens is 1. The molecule has 0 unspecified atom stereocenters. The largest absolute Gasteiger partial charge is 0.319 e. The first-order chi connectivity index (χ1) is 7.13. The lowest BCUT2D eigenvalue weighted by molar-refractivity contribution is 0.111. The van der Waals surface area contributed by atoms with Crippen LogP contribution in [-0.2, 0) is 0 Å². The van der Waals surface area contributed by atoms with Crippen molar-refractivity contribution in [3.63, 3.8) is 0 Å². The molecule has 0 amide bonds. The quantitative estimate of drug-likeness (QED) is 0.732. The predicted octanol–water partition coefficient (Wildman–Crippen LogP) is 3.08. The third-order valence-corrected chi connectivity index (χ3v) is 2.54. The van der Waals surface area contributed by atoms with Crippen molar-refractivity contribution in [1.29, 1.82) is 0 Å². The van der Waals surface area contributed by atoms with E-state index < -0.39 is 0 Å². The molecule has 0 aliphatic heterocycles. The SMILES string of the molecule is CC(C)n1c(C=O)nc2cc(Cl)ccc21. The van der Waals surface area contributed by atoms with Gasteiger partial charge in [0.15, 0.2) is 12.1 Å². The molecule has 15 heavy (non-hydrogen) atoms. The Morgan fingerprint density at radius 1 is 1.47 bits per heavy atom. The minimum atomic E-state index is 0.205. The van der Waals surface area contributed by atoms with Crippen LogP contribution in [-0.4, -0.2) is 15.8 Å². The summed E-state index contributed by atoms with van der Waals surface area (Å²) in [6.07, 6.45) is 0.772. The van der Waals surface area contributed by atoms with Gasteiger partial charge in [-0.05, 0) is 32.0 Å². The first kappa shape index (κ1) is 10.2. The Labute approximate surface area is 92.7 Å². The van der Waals surface area contributed by atoms with Gasteiger partial charge in [-0.15, -0.1) is 0 Å². The Hall–Kier alpha value is -1.35. The number of fused-ring (bicyclic) bond motifs is 1. The number of rotatable bonds is 2. The number of carbonyl (C=O) groups is 1. The van der Waals surface area contributed by atoms with E-state index in [0.29, 0.717) is 10.8 Å². The fraction of sp³-hybridized carbons (Fsp3) is 0.273. The molecule has 0 aliphatic rings. The number of nitrogens with zero attached hydrogens (tertiary/aromatic N) is 2. The van der Waals surface area contributed by atoms with Gasteiger partial charge in [0.25, 0.3) is 0 Å². The molecule has 3 nitrogen and oxygen atoms in total. The Kier molecular flexibility index (Phi) is 2.49. The lowest BCUT2D eigenvalue weighted by atomic mass is 10.3. The predicted molar refractivity (Wildman–Crippen MR) is 60.5 cm³/mol. The summed E-state index contributed by atoms with van der Waals surface area (Å²) in [6.45, 7) is 4.03. The van der Waals surface area contributed by atoms with Crippen molar-refractivity contribution in [1.82, 2.24) is 9.55 Å². The van der Waals surface area contributed by atoms with E-state index in [4.69, 9.17) is 11.6 Å². The van der Waals surface area contributed by atoms with Crippen LogP contribution in [0.4, 0.5) is 0 Å². The molecule has 1 heterocycles. The first-order valence-corrected chi connectivity index (χ1v) is 5.14. The van der Waals surface area contributed by atoms with Gasteiger partial charge < -0.3 is 4.57 Å². The van der Waals surface area contributed by atoms with E-state index in [-0.39, 0.29) is 6.04 Å². The van der Waals surface area contributed by atoms with Crippen LogP contribution in [0, 0.1) is 0 Å². The van der Waals surface area contributed by atoms with Gasteiger partial charge in [0, 0.05) is 11.1 Å². The summed E-state index contributed by atoms with van der Waals surface area (Å²) in [5.74, 6) is 0.447.